The fourth-order valence-electron chi connectivity index (χ4n) is 2.14. The van der Waals surface area contributed by atoms with Gasteiger partial charge >= 0.3 is 0 Å². The SMILES string of the molecule is Cc1ccc(-c2nnc(CNCCCn3ccnc3)o2)cc1. The van der Waals surface area contributed by atoms with E-state index in [9.17, 15) is 0 Å². The summed E-state index contributed by atoms with van der Waals surface area (Å²) in [6.07, 6.45) is 6.60. The second-order valence-electron chi connectivity index (χ2n) is 5.20. The van der Waals surface area contributed by atoms with Crippen LogP contribution in [0.3, 0.4) is 0 Å². The van der Waals surface area contributed by atoms with E-state index in [1.54, 1.807) is 6.20 Å². The van der Waals surface area contributed by atoms with Crippen LogP contribution in [0.5, 0.6) is 0 Å². The van der Waals surface area contributed by atoms with Crippen LogP contribution in [0.4, 0.5) is 0 Å². The molecule has 0 spiro atoms. The summed E-state index contributed by atoms with van der Waals surface area (Å²) in [5.74, 6) is 1.17. The predicted molar refractivity (Wildman–Crippen MR) is 83.0 cm³/mol. The first-order chi connectivity index (χ1) is 10.8. The number of benzene rings is 1. The van der Waals surface area contributed by atoms with Crippen LogP contribution < -0.4 is 5.32 Å². The van der Waals surface area contributed by atoms with E-state index < -0.39 is 0 Å². The van der Waals surface area contributed by atoms with E-state index >= 15 is 0 Å². The number of rotatable bonds is 7. The third-order valence-corrected chi connectivity index (χ3v) is 3.37. The van der Waals surface area contributed by atoms with Gasteiger partial charge in [-0.1, -0.05) is 17.7 Å². The first kappa shape index (κ1) is 14.5. The number of nitrogens with one attached hydrogen (secondary N) is 1. The van der Waals surface area contributed by atoms with Crippen LogP contribution in [0.25, 0.3) is 11.5 Å². The van der Waals surface area contributed by atoms with E-state index in [-0.39, 0.29) is 0 Å². The summed E-state index contributed by atoms with van der Waals surface area (Å²) in [6.45, 7) is 4.48. The van der Waals surface area contributed by atoms with Crippen LogP contribution in [-0.2, 0) is 13.1 Å². The van der Waals surface area contributed by atoms with Crippen LogP contribution in [-0.4, -0.2) is 26.3 Å². The van der Waals surface area contributed by atoms with E-state index in [1.807, 2.05) is 36.8 Å². The van der Waals surface area contributed by atoms with E-state index in [0.717, 1.165) is 25.1 Å². The maximum atomic E-state index is 5.66. The van der Waals surface area contributed by atoms with Crippen molar-refractivity contribution in [2.24, 2.45) is 0 Å². The minimum Gasteiger partial charge on any atom is -0.419 e. The lowest BCUT2D eigenvalue weighted by molar-refractivity contribution is 0.470. The Morgan fingerprint density at radius 3 is 2.82 bits per heavy atom. The van der Waals surface area contributed by atoms with Crippen molar-refractivity contribution in [2.45, 2.75) is 26.4 Å². The minimum absolute atomic E-state index is 0.565. The van der Waals surface area contributed by atoms with Gasteiger partial charge in [-0.2, -0.15) is 0 Å². The molecule has 22 heavy (non-hydrogen) atoms. The molecule has 6 nitrogen and oxygen atoms in total. The fourth-order valence-corrected chi connectivity index (χ4v) is 2.14. The Morgan fingerprint density at radius 2 is 2.05 bits per heavy atom. The highest BCUT2D eigenvalue weighted by Gasteiger charge is 2.07. The predicted octanol–water partition coefficient (Wildman–Crippen LogP) is 2.42. The van der Waals surface area contributed by atoms with Gasteiger partial charge in [0.2, 0.25) is 11.8 Å². The van der Waals surface area contributed by atoms with Gasteiger partial charge in [-0.25, -0.2) is 4.98 Å². The lowest BCUT2D eigenvalue weighted by atomic mass is 10.1. The lowest BCUT2D eigenvalue weighted by Gasteiger charge is -2.02. The molecule has 0 saturated carbocycles. The molecule has 1 N–H and O–H groups in total. The zero-order chi connectivity index (χ0) is 15.2. The number of aryl methyl sites for hydroxylation is 2. The third kappa shape index (κ3) is 3.79. The van der Waals surface area contributed by atoms with Gasteiger partial charge in [-0.3, -0.25) is 0 Å². The Kier molecular flexibility index (Phi) is 4.60. The molecule has 0 aliphatic carbocycles. The molecule has 3 aromatic rings. The van der Waals surface area contributed by atoms with Gasteiger partial charge in [0.15, 0.2) is 0 Å². The van der Waals surface area contributed by atoms with Crippen LogP contribution >= 0.6 is 0 Å². The van der Waals surface area contributed by atoms with Gasteiger partial charge in [0.05, 0.1) is 12.9 Å². The molecule has 0 radical (unpaired) electrons. The molecule has 2 heterocycles. The highest BCUT2D eigenvalue weighted by atomic mass is 16.4. The summed E-state index contributed by atoms with van der Waals surface area (Å²) in [6, 6.07) is 8.05. The monoisotopic (exact) mass is 297 g/mol. The molecule has 1 aromatic carbocycles. The normalized spacial score (nSPS) is 11.0. The number of imidazole rings is 1. The largest absolute Gasteiger partial charge is 0.419 e. The maximum Gasteiger partial charge on any atom is 0.247 e. The molecule has 0 aliphatic heterocycles. The molecule has 2 aromatic heterocycles. The first-order valence-electron chi connectivity index (χ1n) is 7.37. The zero-order valence-electron chi connectivity index (χ0n) is 12.6. The van der Waals surface area contributed by atoms with Gasteiger partial charge in [0.1, 0.15) is 0 Å². The average molecular weight is 297 g/mol. The Balaban J connectivity index is 1.44. The molecule has 0 fully saturated rings. The van der Waals surface area contributed by atoms with Crippen molar-refractivity contribution < 1.29 is 4.42 Å². The van der Waals surface area contributed by atoms with Crippen LogP contribution in [0.2, 0.25) is 0 Å². The number of nitrogens with zero attached hydrogens (tertiary/aromatic N) is 4. The fraction of sp³-hybridized carbons (Fsp3) is 0.312. The molecule has 3 rings (SSSR count). The summed E-state index contributed by atoms with van der Waals surface area (Å²) in [5.41, 5.74) is 2.16. The Labute approximate surface area is 129 Å². The van der Waals surface area contributed by atoms with Gasteiger partial charge in [-0.05, 0) is 32.0 Å². The van der Waals surface area contributed by atoms with Crippen molar-refractivity contribution in [1.82, 2.24) is 25.1 Å². The summed E-state index contributed by atoms with van der Waals surface area (Å²) in [4.78, 5) is 4.01. The molecule has 0 saturated heterocycles. The number of hydrogen-bond acceptors (Lipinski definition) is 5. The smallest absolute Gasteiger partial charge is 0.247 e. The summed E-state index contributed by atoms with van der Waals surface area (Å²) < 4.78 is 7.72. The summed E-state index contributed by atoms with van der Waals surface area (Å²) in [7, 11) is 0. The molecule has 0 aliphatic rings. The van der Waals surface area contributed by atoms with Crippen LogP contribution in [0.15, 0.2) is 47.4 Å². The Hall–Kier alpha value is -2.47. The minimum atomic E-state index is 0.565. The molecule has 0 atom stereocenters. The maximum absolute atomic E-state index is 5.66. The summed E-state index contributed by atoms with van der Waals surface area (Å²) in [5, 5.41) is 11.5. The van der Waals surface area contributed by atoms with Crippen molar-refractivity contribution in [2.75, 3.05) is 6.54 Å². The van der Waals surface area contributed by atoms with Gasteiger partial charge < -0.3 is 14.3 Å². The Morgan fingerprint density at radius 1 is 1.18 bits per heavy atom. The molecule has 0 unspecified atom stereocenters. The van der Waals surface area contributed by atoms with E-state index in [4.69, 9.17) is 4.42 Å². The number of hydrogen-bond donors (Lipinski definition) is 1. The van der Waals surface area contributed by atoms with Gasteiger partial charge in [0, 0.05) is 24.5 Å². The topological polar surface area (TPSA) is 68.8 Å². The van der Waals surface area contributed by atoms with Crippen molar-refractivity contribution in [3.63, 3.8) is 0 Å². The van der Waals surface area contributed by atoms with Gasteiger partial charge in [-0.15, -0.1) is 10.2 Å². The second-order valence-corrected chi connectivity index (χ2v) is 5.20. The molecular weight excluding hydrogens is 278 g/mol. The third-order valence-electron chi connectivity index (χ3n) is 3.37. The van der Waals surface area contributed by atoms with Crippen LogP contribution in [0.1, 0.15) is 17.9 Å². The quantitative estimate of drug-likeness (QED) is 0.678. The zero-order valence-corrected chi connectivity index (χ0v) is 12.6. The van der Waals surface area contributed by atoms with Crippen molar-refractivity contribution in [3.05, 3.63) is 54.4 Å². The second kappa shape index (κ2) is 7.00. The van der Waals surface area contributed by atoms with Gasteiger partial charge in [0.25, 0.3) is 0 Å². The standard InChI is InChI=1S/C16H19N5O/c1-13-3-5-14(6-4-13)16-20-19-15(22-16)11-17-7-2-9-21-10-8-18-12-21/h3-6,8,10,12,17H,2,7,9,11H2,1H3. The average Bonchev–Trinajstić information content (AvgIpc) is 3.19. The van der Waals surface area contributed by atoms with Crippen molar-refractivity contribution in [1.29, 1.82) is 0 Å². The van der Waals surface area contributed by atoms with Crippen molar-refractivity contribution >= 4 is 0 Å². The van der Waals surface area contributed by atoms with E-state index in [0.29, 0.717) is 18.3 Å². The first-order valence-corrected chi connectivity index (χ1v) is 7.37. The molecule has 114 valence electrons. The summed E-state index contributed by atoms with van der Waals surface area (Å²) >= 11 is 0. The van der Waals surface area contributed by atoms with Crippen molar-refractivity contribution in [3.8, 4) is 11.5 Å². The van der Waals surface area contributed by atoms with Crippen LogP contribution in [0, 0.1) is 6.92 Å². The van der Waals surface area contributed by atoms with E-state index in [1.165, 1.54) is 5.56 Å². The number of aromatic nitrogens is 4. The Bertz CT molecular complexity index is 688. The molecule has 6 heteroatoms. The molecule has 0 bridgehead atoms. The lowest BCUT2D eigenvalue weighted by Crippen LogP contribution is -2.16. The highest BCUT2D eigenvalue weighted by Crippen LogP contribution is 2.17. The van der Waals surface area contributed by atoms with E-state index in [2.05, 4.69) is 32.0 Å². The molecular formula is C16H19N5O. The molecule has 0 amide bonds. The highest BCUT2D eigenvalue weighted by molar-refractivity contribution is 5.52.